The van der Waals surface area contributed by atoms with Crippen molar-refractivity contribution in [2.45, 2.75) is 46.5 Å². The second-order valence-corrected chi connectivity index (χ2v) is 6.11. The summed E-state index contributed by atoms with van der Waals surface area (Å²) in [7, 11) is 0. The van der Waals surface area contributed by atoms with E-state index < -0.39 is 29.4 Å². The number of hydrogen-bond acceptors (Lipinski definition) is 2. The Morgan fingerprint density at radius 1 is 1.29 bits per heavy atom. The summed E-state index contributed by atoms with van der Waals surface area (Å²) in [6, 6.07) is 0. The fourth-order valence-electron chi connectivity index (χ4n) is 2.63. The molecule has 4 heteroatoms. The van der Waals surface area contributed by atoms with Crippen molar-refractivity contribution in [2.75, 3.05) is 6.67 Å². The van der Waals surface area contributed by atoms with Gasteiger partial charge in [0.25, 0.3) is 0 Å². The third kappa shape index (κ3) is 2.85. The number of hydrogen-bond donors (Lipinski definition) is 1. The molecule has 0 bridgehead atoms. The zero-order chi connectivity index (χ0) is 13.3. The molecule has 0 atom stereocenters. The number of carbonyl (C=O) groups is 2. The number of aliphatic carboxylic acids is 1. The van der Waals surface area contributed by atoms with Gasteiger partial charge >= 0.3 is 5.97 Å². The predicted molar refractivity (Wildman–Crippen MR) is 62.5 cm³/mol. The maximum atomic E-state index is 13.3. The molecule has 0 saturated heterocycles. The first-order valence-electron chi connectivity index (χ1n) is 6.06. The summed E-state index contributed by atoms with van der Waals surface area (Å²) in [5.41, 5.74) is -1.51. The Hall–Kier alpha value is -0.930. The molecular formula is C13H21FO3. The SMILES string of the molecule is CC(C)(C)C(=O)[C@]1(CF)CC[C@@H](C(=O)O)CC1. The Morgan fingerprint density at radius 2 is 1.76 bits per heavy atom. The molecule has 1 fully saturated rings. The average Bonchev–Trinajstić information content (AvgIpc) is 2.26. The Labute approximate surface area is 101 Å². The fourth-order valence-corrected chi connectivity index (χ4v) is 2.63. The number of alkyl halides is 1. The average molecular weight is 244 g/mol. The Balaban J connectivity index is 2.81. The third-order valence-corrected chi connectivity index (χ3v) is 3.71. The molecule has 1 aliphatic carbocycles. The molecule has 1 aliphatic rings. The molecule has 1 N–H and O–H groups in total. The van der Waals surface area contributed by atoms with Crippen molar-refractivity contribution < 1.29 is 19.1 Å². The lowest BCUT2D eigenvalue weighted by molar-refractivity contribution is -0.148. The van der Waals surface area contributed by atoms with Gasteiger partial charge in [0, 0.05) is 5.41 Å². The van der Waals surface area contributed by atoms with Gasteiger partial charge in [0.05, 0.1) is 11.3 Å². The molecule has 0 aromatic rings. The van der Waals surface area contributed by atoms with Crippen LogP contribution in [0.4, 0.5) is 4.39 Å². The van der Waals surface area contributed by atoms with Crippen LogP contribution in [0.15, 0.2) is 0 Å². The van der Waals surface area contributed by atoms with E-state index in [9.17, 15) is 14.0 Å². The summed E-state index contributed by atoms with van der Waals surface area (Å²) in [6.45, 7) is 4.69. The van der Waals surface area contributed by atoms with Crippen LogP contribution in [0.1, 0.15) is 46.5 Å². The minimum absolute atomic E-state index is 0.0728. The van der Waals surface area contributed by atoms with Crippen molar-refractivity contribution in [2.24, 2.45) is 16.7 Å². The third-order valence-electron chi connectivity index (χ3n) is 3.71. The van der Waals surface area contributed by atoms with Crippen molar-refractivity contribution in [1.82, 2.24) is 0 Å². The first-order chi connectivity index (χ1) is 7.73. The molecule has 1 rings (SSSR count). The van der Waals surface area contributed by atoms with Crippen LogP contribution in [-0.2, 0) is 9.59 Å². The summed E-state index contributed by atoms with van der Waals surface area (Å²) < 4.78 is 13.3. The zero-order valence-corrected chi connectivity index (χ0v) is 10.8. The standard InChI is InChI=1S/C13H21FO3/c1-12(2,3)11(17)13(8-14)6-4-9(5-7-13)10(15)16/h9H,4-8H2,1-3H3,(H,15,16)/t9-,13-. The highest BCUT2D eigenvalue weighted by atomic mass is 19.1. The van der Waals surface area contributed by atoms with Gasteiger partial charge in [-0.3, -0.25) is 14.0 Å². The number of carboxylic acids is 1. The van der Waals surface area contributed by atoms with Crippen molar-refractivity contribution in [1.29, 1.82) is 0 Å². The molecule has 17 heavy (non-hydrogen) atoms. The normalized spacial score (nSPS) is 30.0. The van der Waals surface area contributed by atoms with Gasteiger partial charge in [0.1, 0.15) is 12.5 Å². The van der Waals surface area contributed by atoms with Gasteiger partial charge in [-0.15, -0.1) is 0 Å². The maximum absolute atomic E-state index is 13.3. The number of carboxylic acid groups (broad SMARTS) is 1. The molecule has 0 spiro atoms. The molecule has 0 unspecified atom stereocenters. The van der Waals surface area contributed by atoms with Gasteiger partial charge in [-0.05, 0) is 25.7 Å². The van der Waals surface area contributed by atoms with E-state index in [0.29, 0.717) is 25.7 Å². The highest BCUT2D eigenvalue weighted by Gasteiger charge is 2.46. The molecule has 0 aromatic heterocycles. The second kappa shape index (κ2) is 4.75. The molecule has 0 heterocycles. The summed E-state index contributed by atoms with van der Waals surface area (Å²) in [6.07, 6.45) is 1.52. The largest absolute Gasteiger partial charge is 0.481 e. The summed E-state index contributed by atoms with van der Waals surface area (Å²) in [4.78, 5) is 23.1. The van der Waals surface area contributed by atoms with Crippen molar-refractivity contribution in [3.63, 3.8) is 0 Å². The minimum atomic E-state index is -0.940. The highest BCUT2D eigenvalue weighted by molar-refractivity contribution is 5.89. The van der Waals surface area contributed by atoms with Crippen LogP contribution in [0.25, 0.3) is 0 Å². The van der Waals surface area contributed by atoms with Gasteiger partial charge in [-0.2, -0.15) is 0 Å². The van der Waals surface area contributed by atoms with E-state index in [4.69, 9.17) is 5.11 Å². The lowest BCUT2D eigenvalue weighted by Gasteiger charge is -2.39. The summed E-state index contributed by atoms with van der Waals surface area (Å²) in [5.74, 6) is -1.32. The van der Waals surface area contributed by atoms with Gasteiger partial charge in [0.15, 0.2) is 0 Å². The van der Waals surface area contributed by atoms with Crippen molar-refractivity contribution in [3.8, 4) is 0 Å². The van der Waals surface area contributed by atoms with Crippen LogP contribution in [0.5, 0.6) is 0 Å². The Morgan fingerprint density at radius 3 is 2.06 bits per heavy atom. The molecule has 0 radical (unpaired) electrons. The number of Topliss-reactive ketones (excluding diaryl/α,β-unsaturated/α-hetero) is 1. The zero-order valence-electron chi connectivity index (χ0n) is 10.8. The van der Waals surface area contributed by atoms with E-state index in [-0.39, 0.29) is 5.78 Å². The lowest BCUT2D eigenvalue weighted by atomic mass is 9.63. The van der Waals surface area contributed by atoms with Crippen LogP contribution in [0.3, 0.4) is 0 Å². The van der Waals surface area contributed by atoms with Crippen LogP contribution < -0.4 is 0 Å². The molecule has 1 saturated carbocycles. The molecule has 98 valence electrons. The highest BCUT2D eigenvalue weighted by Crippen LogP contribution is 2.44. The van der Waals surface area contributed by atoms with Crippen LogP contribution in [-0.4, -0.2) is 23.5 Å². The molecule has 3 nitrogen and oxygen atoms in total. The Bertz CT molecular complexity index is 309. The minimum Gasteiger partial charge on any atom is -0.481 e. The topological polar surface area (TPSA) is 54.4 Å². The monoisotopic (exact) mass is 244 g/mol. The van der Waals surface area contributed by atoms with Gasteiger partial charge in [-0.25, -0.2) is 0 Å². The van der Waals surface area contributed by atoms with Crippen LogP contribution in [0, 0.1) is 16.7 Å². The smallest absolute Gasteiger partial charge is 0.306 e. The van der Waals surface area contributed by atoms with Gasteiger partial charge in [-0.1, -0.05) is 20.8 Å². The van der Waals surface area contributed by atoms with Gasteiger partial charge in [0.2, 0.25) is 0 Å². The summed E-state index contributed by atoms with van der Waals surface area (Å²) >= 11 is 0. The number of halogens is 1. The summed E-state index contributed by atoms with van der Waals surface area (Å²) in [5, 5.41) is 8.90. The van der Waals surface area contributed by atoms with E-state index in [1.807, 2.05) is 0 Å². The predicted octanol–water partition coefficient (Wildman–Crippen LogP) is 2.83. The van der Waals surface area contributed by atoms with E-state index in [1.54, 1.807) is 20.8 Å². The first kappa shape index (κ1) is 14.1. The number of carbonyl (C=O) groups excluding carboxylic acids is 1. The van der Waals surface area contributed by atoms with E-state index in [1.165, 1.54) is 0 Å². The van der Waals surface area contributed by atoms with E-state index >= 15 is 0 Å². The number of ketones is 1. The quantitative estimate of drug-likeness (QED) is 0.830. The first-order valence-corrected chi connectivity index (χ1v) is 6.06. The Kier molecular flexibility index (Phi) is 3.95. The van der Waals surface area contributed by atoms with Crippen LogP contribution in [0.2, 0.25) is 0 Å². The van der Waals surface area contributed by atoms with Crippen molar-refractivity contribution >= 4 is 11.8 Å². The molecule has 0 aliphatic heterocycles. The van der Waals surface area contributed by atoms with Crippen molar-refractivity contribution in [3.05, 3.63) is 0 Å². The number of rotatable bonds is 3. The van der Waals surface area contributed by atoms with E-state index in [0.717, 1.165) is 0 Å². The van der Waals surface area contributed by atoms with Crippen LogP contribution >= 0.6 is 0 Å². The maximum Gasteiger partial charge on any atom is 0.306 e. The second-order valence-electron chi connectivity index (χ2n) is 6.11. The molecular weight excluding hydrogens is 223 g/mol. The van der Waals surface area contributed by atoms with Gasteiger partial charge < -0.3 is 5.11 Å². The van der Waals surface area contributed by atoms with E-state index in [2.05, 4.69) is 0 Å². The lowest BCUT2D eigenvalue weighted by Crippen LogP contribution is -2.44. The molecule has 0 amide bonds. The molecule has 0 aromatic carbocycles. The fraction of sp³-hybridized carbons (Fsp3) is 0.846.